The number of carboxylic acids is 1. The molecule has 0 aliphatic heterocycles. The summed E-state index contributed by atoms with van der Waals surface area (Å²) in [5.41, 5.74) is -0.772. The van der Waals surface area contributed by atoms with Crippen LogP contribution in [0.5, 0.6) is 0 Å². The Kier molecular flexibility index (Phi) is 5.81. The second kappa shape index (κ2) is 6.32. The first-order valence-electron chi connectivity index (χ1n) is 5.07. The molecule has 0 saturated carbocycles. The van der Waals surface area contributed by atoms with E-state index >= 15 is 0 Å². The fraction of sp³-hybridized carbons (Fsp3) is 0.800. The summed E-state index contributed by atoms with van der Waals surface area (Å²) in [5, 5.41) is 13.8. The summed E-state index contributed by atoms with van der Waals surface area (Å²) in [7, 11) is 1.55. The summed E-state index contributed by atoms with van der Waals surface area (Å²) in [6.07, 6.45) is -0.200. The number of urea groups is 1. The van der Waals surface area contributed by atoms with Crippen LogP contribution >= 0.6 is 0 Å². The normalized spacial score (nSPS) is 13.0. The minimum atomic E-state index is -0.949. The Bertz CT molecular complexity index is 253. The maximum atomic E-state index is 11.4. The summed E-state index contributed by atoms with van der Waals surface area (Å²) >= 11 is 0. The van der Waals surface area contributed by atoms with Crippen LogP contribution in [0.4, 0.5) is 4.79 Å². The standard InChI is InChI=1S/C10H20N2O4/c1-7(16-4)6-11-9(15)12-10(2,3)5-8(13)14/h7H,5-6H2,1-4H3,(H,13,14)(H2,11,12,15). The van der Waals surface area contributed by atoms with Crippen molar-refractivity contribution in [1.29, 1.82) is 0 Å². The van der Waals surface area contributed by atoms with Crippen LogP contribution in [0.1, 0.15) is 27.2 Å². The second-order valence-corrected chi connectivity index (χ2v) is 4.34. The SMILES string of the molecule is COC(C)CNC(=O)NC(C)(C)CC(=O)O. The summed E-state index contributed by atoms with van der Waals surface area (Å²) in [6, 6.07) is -0.393. The molecule has 3 N–H and O–H groups in total. The van der Waals surface area contributed by atoms with Crippen molar-refractivity contribution in [3.05, 3.63) is 0 Å². The molecule has 0 bridgehead atoms. The average Bonchev–Trinajstić information content (AvgIpc) is 2.11. The van der Waals surface area contributed by atoms with E-state index in [1.807, 2.05) is 6.92 Å². The minimum Gasteiger partial charge on any atom is -0.481 e. The number of methoxy groups -OCH3 is 1. The zero-order chi connectivity index (χ0) is 12.8. The molecule has 6 heteroatoms. The number of nitrogens with one attached hydrogen (secondary N) is 2. The highest BCUT2D eigenvalue weighted by Crippen LogP contribution is 2.07. The summed E-state index contributed by atoms with van der Waals surface area (Å²) in [4.78, 5) is 21.9. The lowest BCUT2D eigenvalue weighted by Gasteiger charge is -2.24. The lowest BCUT2D eigenvalue weighted by molar-refractivity contribution is -0.138. The molecule has 94 valence electrons. The second-order valence-electron chi connectivity index (χ2n) is 4.34. The molecule has 6 nitrogen and oxygen atoms in total. The van der Waals surface area contributed by atoms with Gasteiger partial charge in [0, 0.05) is 19.2 Å². The van der Waals surface area contributed by atoms with Crippen LogP contribution < -0.4 is 10.6 Å². The van der Waals surface area contributed by atoms with Gasteiger partial charge in [-0.05, 0) is 20.8 Å². The molecule has 1 unspecified atom stereocenters. The van der Waals surface area contributed by atoms with Crippen molar-refractivity contribution in [1.82, 2.24) is 10.6 Å². The molecule has 0 aliphatic rings. The summed E-state index contributed by atoms with van der Waals surface area (Å²) < 4.78 is 4.96. The van der Waals surface area contributed by atoms with E-state index in [1.165, 1.54) is 0 Å². The highest BCUT2D eigenvalue weighted by Gasteiger charge is 2.23. The number of carbonyl (C=O) groups excluding carboxylic acids is 1. The van der Waals surface area contributed by atoms with E-state index in [0.717, 1.165) is 0 Å². The summed E-state index contributed by atoms with van der Waals surface area (Å²) in [5.74, 6) is -0.949. The Morgan fingerprint density at radius 1 is 1.44 bits per heavy atom. The topological polar surface area (TPSA) is 87.7 Å². The van der Waals surface area contributed by atoms with Crippen LogP contribution in [-0.4, -0.2) is 42.4 Å². The molecular formula is C10H20N2O4. The van der Waals surface area contributed by atoms with Gasteiger partial charge in [0.2, 0.25) is 0 Å². The molecule has 0 heterocycles. The van der Waals surface area contributed by atoms with Crippen molar-refractivity contribution in [3.8, 4) is 0 Å². The number of ether oxygens (including phenoxy) is 1. The van der Waals surface area contributed by atoms with E-state index in [4.69, 9.17) is 9.84 Å². The molecular weight excluding hydrogens is 212 g/mol. The Balaban J connectivity index is 3.98. The van der Waals surface area contributed by atoms with Gasteiger partial charge < -0.3 is 20.5 Å². The van der Waals surface area contributed by atoms with Crippen LogP contribution in [0.2, 0.25) is 0 Å². The van der Waals surface area contributed by atoms with Crippen molar-refractivity contribution in [3.63, 3.8) is 0 Å². The first-order valence-corrected chi connectivity index (χ1v) is 5.07. The van der Waals surface area contributed by atoms with E-state index in [9.17, 15) is 9.59 Å². The van der Waals surface area contributed by atoms with Crippen LogP contribution in [0.3, 0.4) is 0 Å². The van der Waals surface area contributed by atoms with Crippen molar-refractivity contribution in [2.24, 2.45) is 0 Å². The Morgan fingerprint density at radius 2 is 2.00 bits per heavy atom. The van der Waals surface area contributed by atoms with Crippen LogP contribution in [0.25, 0.3) is 0 Å². The zero-order valence-corrected chi connectivity index (χ0v) is 10.2. The van der Waals surface area contributed by atoms with E-state index in [-0.39, 0.29) is 12.5 Å². The average molecular weight is 232 g/mol. The third kappa shape index (κ3) is 7.05. The number of amides is 2. The van der Waals surface area contributed by atoms with Gasteiger partial charge in [0.05, 0.1) is 12.5 Å². The molecule has 2 amide bonds. The van der Waals surface area contributed by atoms with E-state index in [0.29, 0.717) is 6.54 Å². The van der Waals surface area contributed by atoms with Gasteiger partial charge >= 0.3 is 12.0 Å². The Morgan fingerprint density at radius 3 is 2.44 bits per heavy atom. The Labute approximate surface area is 95.4 Å². The number of aliphatic carboxylic acids is 1. The molecule has 0 aromatic heterocycles. The maximum absolute atomic E-state index is 11.4. The molecule has 0 rings (SSSR count). The van der Waals surface area contributed by atoms with E-state index in [2.05, 4.69) is 10.6 Å². The van der Waals surface area contributed by atoms with Crippen molar-refractivity contribution in [2.75, 3.05) is 13.7 Å². The number of carbonyl (C=O) groups is 2. The maximum Gasteiger partial charge on any atom is 0.315 e. The molecule has 0 aromatic carbocycles. The van der Waals surface area contributed by atoms with Gasteiger partial charge in [0.1, 0.15) is 0 Å². The van der Waals surface area contributed by atoms with Gasteiger partial charge in [-0.15, -0.1) is 0 Å². The largest absolute Gasteiger partial charge is 0.481 e. The Hall–Kier alpha value is -1.30. The highest BCUT2D eigenvalue weighted by atomic mass is 16.5. The zero-order valence-electron chi connectivity index (χ0n) is 10.2. The minimum absolute atomic E-state index is 0.0756. The smallest absolute Gasteiger partial charge is 0.315 e. The fourth-order valence-electron chi connectivity index (χ4n) is 1.09. The van der Waals surface area contributed by atoms with Gasteiger partial charge in [-0.1, -0.05) is 0 Å². The fourth-order valence-corrected chi connectivity index (χ4v) is 1.09. The summed E-state index contributed by atoms with van der Waals surface area (Å²) in [6.45, 7) is 5.51. The van der Waals surface area contributed by atoms with Crippen molar-refractivity contribution < 1.29 is 19.4 Å². The van der Waals surface area contributed by atoms with Crippen LogP contribution in [0.15, 0.2) is 0 Å². The quantitative estimate of drug-likeness (QED) is 0.625. The predicted molar refractivity (Wildman–Crippen MR) is 59.3 cm³/mol. The first-order chi connectivity index (χ1) is 7.26. The third-order valence-electron chi connectivity index (χ3n) is 2.00. The molecule has 0 fully saturated rings. The number of hydrogen-bond acceptors (Lipinski definition) is 3. The highest BCUT2D eigenvalue weighted by molar-refractivity contribution is 5.76. The van der Waals surface area contributed by atoms with Gasteiger partial charge in [-0.25, -0.2) is 4.79 Å². The molecule has 1 atom stereocenters. The third-order valence-corrected chi connectivity index (χ3v) is 2.00. The molecule has 0 aromatic rings. The lowest BCUT2D eigenvalue weighted by Crippen LogP contribution is -2.50. The number of rotatable bonds is 6. The van der Waals surface area contributed by atoms with Crippen LogP contribution in [-0.2, 0) is 9.53 Å². The molecule has 0 saturated heterocycles. The first kappa shape index (κ1) is 14.7. The van der Waals surface area contributed by atoms with Gasteiger partial charge in [0.25, 0.3) is 0 Å². The predicted octanol–water partition coefficient (Wildman–Crippen LogP) is 0.574. The lowest BCUT2D eigenvalue weighted by atomic mass is 10.0. The molecule has 0 spiro atoms. The van der Waals surface area contributed by atoms with E-state index in [1.54, 1.807) is 21.0 Å². The molecule has 0 radical (unpaired) electrons. The molecule has 0 aliphatic carbocycles. The number of hydrogen-bond donors (Lipinski definition) is 3. The van der Waals surface area contributed by atoms with Crippen molar-refractivity contribution >= 4 is 12.0 Å². The van der Waals surface area contributed by atoms with Gasteiger partial charge in [0.15, 0.2) is 0 Å². The number of carboxylic acid groups (broad SMARTS) is 1. The van der Waals surface area contributed by atoms with Gasteiger partial charge in [-0.3, -0.25) is 4.79 Å². The molecule has 16 heavy (non-hydrogen) atoms. The van der Waals surface area contributed by atoms with E-state index < -0.39 is 17.5 Å². The van der Waals surface area contributed by atoms with Crippen LogP contribution in [0, 0.1) is 0 Å². The monoisotopic (exact) mass is 232 g/mol. The van der Waals surface area contributed by atoms with Crippen molar-refractivity contribution in [2.45, 2.75) is 38.8 Å². The van der Waals surface area contributed by atoms with Gasteiger partial charge in [-0.2, -0.15) is 0 Å².